The number of pyridine rings is 1. The Morgan fingerprint density at radius 1 is 1.03 bits per heavy atom. The lowest BCUT2D eigenvalue weighted by atomic mass is 10.2. The molecule has 2 aromatic heterocycles. The molecule has 0 aliphatic heterocycles. The average molecular weight is 447 g/mol. The first kappa shape index (κ1) is 20.7. The summed E-state index contributed by atoms with van der Waals surface area (Å²) in [6.07, 6.45) is 0. The Bertz CT molecular complexity index is 1140. The zero-order valence-electron chi connectivity index (χ0n) is 14.9. The maximum Gasteiger partial charge on any atom is 0.387 e. The molecule has 154 valence electrons. The van der Waals surface area contributed by atoms with E-state index >= 15 is 0 Å². The van der Waals surface area contributed by atoms with Gasteiger partial charge in [-0.1, -0.05) is 17.7 Å². The van der Waals surface area contributed by atoms with Crippen molar-refractivity contribution < 1.29 is 31.4 Å². The largest absolute Gasteiger partial charge is 0.478 e. The van der Waals surface area contributed by atoms with Crippen LogP contribution in [0.2, 0.25) is 5.15 Å². The van der Waals surface area contributed by atoms with Crippen molar-refractivity contribution in [2.45, 2.75) is 11.5 Å². The summed E-state index contributed by atoms with van der Waals surface area (Å²) < 4.78 is 67.2. The minimum absolute atomic E-state index is 0.117. The standard InChI is InChI=1S/C16H13ClF2N4O5S/c1-26-13-12(28-15(18)19)14(27-2)22-16(21-13)23-29(24,25)10-5-3-4-9-8(10)6-7-11(17)20-9/h3-7,15H,1-2H3,(H,21,22,23). The maximum absolute atomic E-state index is 12.9. The fourth-order valence-corrected chi connectivity index (χ4v) is 3.75. The Balaban J connectivity index is 2.05. The predicted molar refractivity (Wildman–Crippen MR) is 99.3 cm³/mol. The van der Waals surface area contributed by atoms with Crippen LogP contribution in [0.4, 0.5) is 14.7 Å². The minimum Gasteiger partial charge on any atom is -0.478 e. The molecule has 0 aliphatic rings. The third-order valence-electron chi connectivity index (χ3n) is 3.57. The van der Waals surface area contributed by atoms with Gasteiger partial charge in [0.1, 0.15) is 5.15 Å². The van der Waals surface area contributed by atoms with E-state index in [1.165, 1.54) is 24.3 Å². The number of anilines is 1. The Morgan fingerprint density at radius 2 is 1.69 bits per heavy atom. The van der Waals surface area contributed by atoms with Crippen LogP contribution in [0.3, 0.4) is 0 Å². The van der Waals surface area contributed by atoms with Crippen molar-refractivity contribution in [2.75, 3.05) is 18.9 Å². The molecule has 1 N–H and O–H groups in total. The van der Waals surface area contributed by atoms with Crippen molar-refractivity contribution in [1.82, 2.24) is 15.0 Å². The minimum atomic E-state index is -4.20. The molecule has 0 fully saturated rings. The summed E-state index contributed by atoms with van der Waals surface area (Å²) in [7, 11) is -1.92. The molecule has 3 rings (SSSR count). The summed E-state index contributed by atoms with van der Waals surface area (Å²) in [6.45, 7) is -3.20. The average Bonchev–Trinajstić information content (AvgIpc) is 2.67. The number of ether oxygens (including phenoxy) is 3. The van der Waals surface area contributed by atoms with E-state index in [2.05, 4.69) is 24.4 Å². The van der Waals surface area contributed by atoms with Gasteiger partial charge in [-0.15, -0.1) is 0 Å². The van der Waals surface area contributed by atoms with E-state index in [0.717, 1.165) is 14.2 Å². The Hall–Kier alpha value is -2.99. The van der Waals surface area contributed by atoms with Gasteiger partial charge in [0.25, 0.3) is 21.8 Å². The highest BCUT2D eigenvalue weighted by Gasteiger charge is 2.25. The number of rotatable bonds is 7. The normalized spacial score (nSPS) is 11.5. The molecule has 0 atom stereocenters. The molecule has 3 aromatic rings. The first-order valence-corrected chi connectivity index (χ1v) is 9.64. The Labute approximate surface area is 168 Å². The monoisotopic (exact) mass is 446 g/mol. The van der Waals surface area contributed by atoms with E-state index in [1.54, 1.807) is 6.07 Å². The van der Waals surface area contributed by atoms with Gasteiger partial charge in [-0.3, -0.25) is 0 Å². The number of aromatic nitrogens is 3. The molecule has 0 spiro atoms. The van der Waals surface area contributed by atoms with Crippen molar-refractivity contribution in [3.8, 4) is 17.5 Å². The fourth-order valence-electron chi connectivity index (χ4n) is 2.43. The van der Waals surface area contributed by atoms with E-state index in [4.69, 9.17) is 21.1 Å². The van der Waals surface area contributed by atoms with Crippen LogP contribution < -0.4 is 18.9 Å². The number of hydrogen-bond donors (Lipinski definition) is 1. The summed E-state index contributed by atoms with van der Waals surface area (Å²) in [5, 5.41) is 0.508. The zero-order valence-corrected chi connectivity index (χ0v) is 16.5. The van der Waals surface area contributed by atoms with Gasteiger partial charge in [0, 0.05) is 5.39 Å². The molecule has 0 saturated heterocycles. The van der Waals surface area contributed by atoms with E-state index in [1.807, 2.05) is 0 Å². The quantitative estimate of drug-likeness (QED) is 0.551. The highest BCUT2D eigenvalue weighted by atomic mass is 35.5. The second kappa shape index (κ2) is 8.17. The molecule has 13 heteroatoms. The van der Waals surface area contributed by atoms with Crippen LogP contribution in [0.1, 0.15) is 0 Å². The Kier molecular flexibility index (Phi) is 5.84. The fraction of sp³-hybridized carbons (Fsp3) is 0.188. The number of nitrogens with zero attached hydrogens (tertiary/aromatic N) is 3. The van der Waals surface area contributed by atoms with Gasteiger partial charge in [-0.25, -0.2) is 18.1 Å². The van der Waals surface area contributed by atoms with Crippen LogP contribution in [-0.2, 0) is 10.0 Å². The first-order valence-electron chi connectivity index (χ1n) is 7.78. The number of methoxy groups -OCH3 is 2. The number of fused-ring (bicyclic) bond motifs is 1. The van der Waals surface area contributed by atoms with E-state index in [0.29, 0.717) is 10.9 Å². The van der Waals surface area contributed by atoms with Gasteiger partial charge in [-0.2, -0.15) is 18.7 Å². The number of hydrogen-bond acceptors (Lipinski definition) is 8. The van der Waals surface area contributed by atoms with Gasteiger partial charge in [0.05, 0.1) is 24.6 Å². The van der Waals surface area contributed by atoms with Crippen molar-refractivity contribution in [2.24, 2.45) is 0 Å². The molecule has 2 heterocycles. The van der Waals surface area contributed by atoms with E-state index in [-0.39, 0.29) is 10.0 Å². The second-order valence-electron chi connectivity index (χ2n) is 5.34. The molecule has 0 saturated carbocycles. The summed E-state index contributed by atoms with van der Waals surface area (Å²) in [4.78, 5) is 11.5. The van der Waals surface area contributed by atoms with Gasteiger partial charge >= 0.3 is 6.61 Å². The second-order valence-corrected chi connectivity index (χ2v) is 7.37. The third-order valence-corrected chi connectivity index (χ3v) is 5.17. The van der Waals surface area contributed by atoms with Crippen molar-refractivity contribution in [3.63, 3.8) is 0 Å². The summed E-state index contributed by atoms with van der Waals surface area (Å²) >= 11 is 5.84. The molecule has 0 radical (unpaired) electrons. The molecule has 0 amide bonds. The lowest BCUT2D eigenvalue weighted by Crippen LogP contribution is -2.17. The number of benzene rings is 1. The topological polar surface area (TPSA) is 113 Å². The molecule has 0 bridgehead atoms. The van der Waals surface area contributed by atoms with Crippen LogP contribution in [0.5, 0.6) is 17.5 Å². The third kappa shape index (κ3) is 4.38. The van der Waals surface area contributed by atoms with E-state index in [9.17, 15) is 17.2 Å². The first-order chi connectivity index (χ1) is 13.7. The van der Waals surface area contributed by atoms with Gasteiger partial charge < -0.3 is 14.2 Å². The van der Waals surface area contributed by atoms with E-state index < -0.39 is 40.1 Å². The molecule has 0 aliphatic carbocycles. The van der Waals surface area contributed by atoms with Crippen LogP contribution in [0.15, 0.2) is 35.2 Å². The van der Waals surface area contributed by atoms with Gasteiger partial charge in [0.2, 0.25) is 11.7 Å². The molecule has 1 aromatic carbocycles. The van der Waals surface area contributed by atoms with Crippen LogP contribution >= 0.6 is 11.6 Å². The molecule has 0 unspecified atom stereocenters. The summed E-state index contributed by atoms with van der Waals surface area (Å²) in [6, 6.07) is 7.38. The van der Waals surface area contributed by atoms with Crippen LogP contribution in [-0.4, -0.2) is 44.2 Å². The molecular weight excluding hydrogens is 434 g/mol. The lowest BCUT2D eigenvalue weighted by molar-refractivity contribution is -0.0533. The number of alkyl halides is 2. The van der Waals surface area contributed by atoms with Crippen molar-refractivity contribution in [1.29, 1.82) is 0 Å². The highest BCUT2D eigenvalue weighted by molar-refractivity contribution is 7.93. The summed E-state index contributed by atoms with van der Waals surface area (Å²) in [5.74, 6) is -1.93. The molecular formula is C16H13ClF2N4O5S. The zero-order chi connectivity index (χ0) is 21.2. The number of halogens is 3. The predicted octanol–water partition coefficient (Wildman–Crippen LogP) is 3.10. The van der Waals surface area contributed by atoms with Gasteiger partial charge in [0.15, 0.2) is 0 Å². The lowest BCUT2D eigenvalue weighted by Gasteiger charge is -2.14. The molecule has 9 nitrogen and oxygen atoms in total. The van der Waals surface area contributed by atoms with Crippen LogP contribution in [0.25, 0.3) is 10.9 Å². The molecule has 29 heavy (non-hydrogen) atoms. The smallest absolute Gasteiger partial charge is 0.387 e. The summed E-state index contributed by atoms with van der Waals surface area (Å²) in [5.41, 5.74) is 0.358. The number of nitrogens with one attached hydrogen (secondary N) is 1. The maximum atomic E-state index is 12.9. The highest BCUT2D eigenvalue weighted by Crippen LogP contribution is 2.36. The SMILES string of the molecule is COc1nc(NS(=O)(=O)c2cccc3nc(Cl)ccc23)nc(OC)c1OC(F)F. The van der Waals surface area contributed by atoms with Crippen molar-refractivity contribution >= 4 is 38.5 Å². The number of sulfonamides is 1. The Morgan fingerprint density at radius 3 is 2.28 bits per heavy atom. The van der Waals surface area contributed by atoms with Crippen molar-refractivity contribution in [3.05, 3.63) is 35.5 Å². The van der Waals surface area contributed by atoms with Crippen LogP contribution in [0, 0.1) is 0 Å². The van der Waals surface area contributed by atoms with Gasteiger partial charge in [-0.05, 0) is 24.3 Å².